The molecule has 0 aromatic carbocycles. The van der Waals surface area contributed by atoms with E-state index >= 15 is 0 Å². The Labute approximate surface area is 380 Å². The first-order chi connectivity index (χ1) is 30.1. The number of carboxylic acids is 1. The van der Waals surface area contributed by atoms with Crippen LogP contribution in [-0.4, -0.2) is 64.9 Å². The van der Waals surface area contributed by atoms with Gasteiger partial charge in [0.05, 0.1) is 13.2 Å². The number of carbonyl (C=O) groups is 3. The fraction of sp³-hybridized carbons (Fsp3) is 0.940. The zero-order valence-corrected chi connectivity index (χ0v) is 41.1. The molecule has 0 spiro atoms. The van der Waals surface area contributed by atoms with Gasteiger partial charge in [-0.25, -0.2) is 9.36 Å². The molecule has 11 nitrogen and oxygen atoms in total. The number of aliphatic hydroxyl groups is 1. The van der Waals surface area contributed by atoms with Crippen LogP contribution >= 0.6 is 7.82 Å². The number of nitrogens with one attached hydrogen (secondary N) is 1. The minimum absolute atomic E-state index is 0.153. The first kappa shape index (κ1) is 60.5. The molecular formula is C50H98NO10P. The standard InChI is InChI=1S/C50H98NO10P/c1-3-5-7-9-11-13-15-17-19-20-21-22-23-24-25-26-28-30-32-34-36-38-40-42-49(54)59-43-46(52)44-60-62(57,58)61-45-47(50(55)56)51-48(53)41-39-37-35-33-31-29-27-18-16-14-12-10-8-6-4-2/h46-47,52H,3-45H2,1-2H3,(H,51,53)(H,55,56)(H,57,58). The topological polar surface area (TPSA) is 169 Å². The van der Waals surface area contributed by atoms with E-state index in [1.807, 2.05) is 0 Å². The number of carboxylic acid groups (broad SMARTS) is 1. The van der Waals surface area contributed by atoms with Crippen molar-refractivity contribution in [2.75, 3.05) is 19.8 Å². The summed E-state index contributed by atoms with van der Waals surface area (Å²) in [5.41, 5.74) is 0. The predicted octanol–water partition coefficient (Wildman–Crippen LogP) is 14.2. The van der Waals surface area contributed by atoms with Gasteiger partial charge in [-0.05, 0) is 12.8 Å². The third-order valence-corrected chi connectivity index (χ3v) is 12.8. The highest BCUT2D eigenvalue weighted by atomic mass is 31.2. The van der Waals surface area contributed by atoms with Crippen LogP contribution in [0.1, 0.15) is 271 Å². The summed E-state index contributed by atoms with van der Waals surface area (Å²) >= 11 is 0. The summed E-state index contributed by atoms with van der Waals surface area (Å²) in [4.78, 5) is 46.1. The number of carbonyl (C=O) groups excluding carboxylic acids is 2. The van der Waals surface area contributed by atoms with E-state index in [2.05, 4.69) is 19.2 Å². The molecule has 1 amide bonds. The summed E-state index contributed by atoms with van der Waals surface area (Å²) in [5, 5.41) is 21.9. The van der Waals surface area contributed by atoms with Gasteiger partial charge in [0.25, 0.3) is 0 Å². The molecule has 0 radical (unpaired) electrons. The Balaban J connectivity index is 3.74. The van der Waals surface area contributed by atoms with Gasteiger partial charge < -0.3 is 25.2 Å². The molecule has 62 heavy (non-hydrogen) atoms. The van der Waals surface area contributed by atoms with Crippen LogP contribution in [-0.2, 0) is 32.7 Å². The minimum atomic E-state index is -4.75. The predicted molar refractivity (Wildman–Crippen MR) is 254 cm³/mol. The van der Waals surface area contributed by atoms with Crippen molar-refractivity contribution in [3.63, 3.8) is 0 Å². The van der Waals surface area contributed by atoms with Crippen LogP contribution in [0, 0.1) is 0 Å². The van der Waals surface area contributed by atoms with Gasteiger partial charge in [-0.3, -0.25) is 18.6 Å². The molecule has 12 heteroatoms. The Bertz CT molecular complexity index is 1060. The highest BCUT2D eigenvalue weighted by molar-refractivity contribution is 7.47. The van der Waals surface area contributed by atoms with Gasteiger partial charge >= 0.3 is 19.8 Å². The summed E-state index contributed by atoms with van der Waals surface area (Å²) in [6, 6.07) is -1.54. The van der Waals surface area contributed by atoms with E-state index in [1.54, 1.807) is 0 Å². The number of rotatable bonds is 50. The number of aliphatic carboxylic acids is 1. The van der Waals surface area contributed by atoms with E-state index in [0.29, 0.717) is 12.8 Å². The van der Waals surface area contributed by atoms with Crippen LogP contribution in [0.15, 0.2) is 0 Å². The van der Waals surface area contributed by atoms with Crippen molar-refractivity contribution in [3.8, 4) is 0 Å². The summed E-state index contributed by atoms with van der Waals surface area (Å²) in [7, 11) is -4.75. The molecule has 4 N–H and O–H groups in total. The minimum Gasteiger partial charge on any atom is -0.480 e. The second-order valence-electron chi connectivity index (χ2n) is 18.1. The van der Waals surface area contributed by atoms with Gasteiger partial charge in [-0.1, -0.05) is 245 Å². The van der Waals surface area contributed by atoms with Crippen LogP contribution in [0.5, 0.6) is 0 Å². The molecule has 0 saturated carbocycles. The van der Waals surface area contributed by atoms with Gasteiger partial charge in [0.1, 0.15) is 12.7 Å². The molecule has 3 atom stereocenters. The maximum absolute atomic E-state index is 12.3. The highest BCUT2D eigenvalue weighted by Crippen LogP contribution is 2.43. The van der Waals surface area contributed by atoms with Gasteiger partial charge in [0.15, 0.2) is 6.04 Å². The Morgan fingerprint density at radius 2 is 0.742 bits per heavy atom. The maximum Gasteiger partial charge on any atom is 0.472 e. The van der Waals surface area contributed by atoms with E-state index in [4.69, 9.17) is 13.8 Å². The molecule has 0 aliphatic rings. The van der Waals surface area contributed by atoms with Gasteiger partial charge in [0.2, 0.25) is 5.91 Å². The fourth-order valence-electron chi connectivity index (χ4n) is 7.85. The van der Waals surface area contributed by atoms with Crippen molar-refractivity contribution in [1.82, 2.24) is 5.32 Å². The summed E-state index contributed by atoms with van der Waals surface area (Å²) in [6.45, 7) is 2.65. The van der Waals surface area contributed by atoms with Crippen LogP contribution in [0.3, 0.4) is 0 Å². The van der Waals surface area contributed by atoms with E-state index in [0.717, 1.165) is 38.5 Å². The van der Waals surface area contributed by atoms with Crippen molar-refractivity contribution in [1.29, 1.82) is 0 Å². The monoisotopic (exact) mass is 904 g/mol. The summed E-state index contributed by atoms with van der Waals surface area (Å²) in [5.74, 6) is -2.35. The quantitative estimate of drug-likeness (QED) is 0.0262. The lowest BCUT2D eigenvalue weighted by molar-refractivity contribution is -0.147. The second-order valence-corrected chi connectivity index (χ2v) is 19.5. The lowest BCUT2D eigenvalue weighted by atomic mass is 10.0. The Kier molecular flexibility index (Phi) is 44.9. The molecular weight excluding hydrogens is 806 g/mol. The maximum atomic E-state index is 12.3. The molecule has 368 valence electrons. The number of hydrogen-bond acceptors (Lipinski definition) is 8. The van der Waals surface area contributed by atoms with E-state index in [-0.39, 0.29) is 12.8 Å². The lowest BCUT2D eigenvalue weighted by Crippen LogP contribution is -2.43. The molecule has 0 aliphatic carbocycles. The molecule has 0 saturated heterocycles. The largest absolute Gasteiger partial charge is 0.480 e. The molecule has 0 aromatic rings. The molecule has 3 unspecified atom stereocenters. The van der Waals surface area contributed by atoms with Gasteiger partial charge in [-0.2, -0.15) is 0 Å². The second kappa shape index (κ2) is 46.0. The van der Waals surface area contributed by atoms with Gasteiger partial charge in [-0.15, -0.1) is 0 Å². The van der Waals surface area contributed by atoms with Crippen molar-refractivity contribution in [2.45, 2.75) is 283 Å². The molecule has 0 bridgehead atoms. The summed E-state index contributed by atoms with van der Waals surface area (Å²) in [6.07, 6.45) is 47.0. The lowest BCUT2D eigenvalue weighted by Gasteiger charge is -2.18. The molecule has 0 heterocycles. The Morgan fingerprint density at radius 3 is 1.06 bits per heavy atom. The Hall–Kier alpha value is -1.52. The SMILES string of the molecule is CCCCCCCCCCCCCCCCCCCCCCCCCC(=O)OCC(O)COP(=O)(O)OCC(NC(=O)CCCCCCCCCCCCCCCCC)C(=O)O. The number of ether oxygens (including phenoxy) is 1. The number of hydrogen-bond donors (Lipinski definition) is 4. The number of unbranched alkanes of at least 4 members (excludes halogenated alkanes) is 36. The number of esters is 1. The van der Waals surface area contributed by atoms with Crippen molar-refractivity contribution >= 4 is 25.7 Å². The number of amides is 1. The zero-order chi connectivity index (χ0) is 45.6. The van der Waals surface area contributed by atoms with Gasteiger partial charge in [0, 0.05) is 12.8 Å². The van der Waals surface area contributed by atoms with Crippen LogP contribution < -0.4 is 5.32 Å². The van der Waals surface area contributed by atoms with Crippen molar-refractivity contribution in [2.24, 2.45) is 0 Å². The zero-order valence-electron chi connectivity index (χ0n) is 40.2. The molecule has 0 aromatic heterocycles. The normalized spacial score (nSPS) is 13.5. The average molecular weight is 904 g/mol. The third kappa shape index (κ3) is 45.1. The number of aliphatic hydroxyl groups excluding tert-OH is 1. The van der Waals surface area contributed by atoms with Crippen LogP contribution in [0.25, 0.3) is 0 Å². The number of phosphoric ester groups is 1. The molecule has 0 fully saturated rings. The smallest absolute Gasteiger partial charge is 0.472 e. The van der Waals surface area contributed by atoms with Crippen molar-refractivity contribution < 1.29 is 47.8 Å². The first-order valence-electron chi connectivity index (χ1n) is 26.1. The van der Waals surface area contributed by atoms with Crippen molar-refractivity contribution in [3.05, 3.63) is 0 Å². The highest BCUT2D eigenvalue weighted by Gasteiger charge is 2.28. The van der Waals surface area contributed by atoms with E-state index in [9.17, 15) is 34.1 Å². The fourth-order valence-corrected chi connectivity index (χ4v) is 8.62. The number of phosphoric acid groups is 1. The van der Waals surface area contributed by atoms with Crippen LogP contribution in [0.2, 0.25) is 0 Å². The molecule has 0 rings (SSSR count). The van der Waals surface area contributed by atoms with Crippen LogP contribution in [0.4, 0.5) is 0 Å². The molecule has 0 aliphatic heterocycles. The first-order valence-corrected chi connectivity index (χ1v) is 27.6. The van der Waals surface area contributed by atoms with E-state index < -0.39 is 57.6 Å². The van der Waals surface area contributed by atoms with E-state index in [1.165, 1.54) is 193 Å². The third-order valence-electron chi connectivity index (χ3n) is 11.9. The Morgan fingerprint density at radius 1 is 0.452 bits per heavy atom. The summed E-state index contributed by atoms with van der Waals surface area (Å²) < 4.78 is 26.9. The average Bonchev–Trinajstić information content (AvgIpc) is 3.25.